The summed E-state index contributed by atoms with van der Waals surface area (Å²) in [6.45, 7) is 0.482. The van der Waals surface area contributed by atoms with Crippen molar-refractivity contribution in [2.45, 2.75) is 32.2 Å². The average Bonchev–Trinajstić information content (AvgIpc) is 2.88. The largest absolute Gasteiger partial charge is 0.351 e. The summed E-state index contributed by atoms with van der Waals surface area (Å²) in [7, 11) is 0. The van der Waals surface area contributed by atoms with Gasteiger partial charge < -0.3 is 5.32 Å². The molecular weight excluding hydrogens is 292 g/mol. The molecule has 0 radical (unpaired) electrons. The fourth-order valence-electron chi connectivity index (χ4n) is 2.32. The molecule has 2 rings (SSSR count). The molecule has 1 amide bonds. The monoisotopic (exact) mass is 306 g/mol. The summed E-state index contributed by atoms with van der Waals surface area (Å²) in [5.74, 6) is -0.120. The Morgan fingerprint density at radius 1 is 1.33 bits per heavy atom. The summed E-state index contributed by atoms with van der Waals surface area (Å²) in [4.78, 5) is 12.1. The Hall–Kier alpha value is -1.34. The average molecular weight is 307 g/mol. The minimum Gasteiger partial charge on any atom is -0.351 e. The van der Waals surface area contributed by atoms with Crippen molar-refractivity contribution >= 4 is 21.8 Å². The Labute approximate surface area is 115 Å². The first-order valence-corrected chi connectivity index (χ1v) is 6.90. The van der Waals surface area contributed by atoms with Crippen LogP contribution in [0.25, 0.3) is 0 Å². The third-order valence-electron chi connectivity index (χ3n) is 3.47. The molecule has 1 aromatic carbocycles. The van der Waals surface area contributed by atoms with E-state index in [-0.39, 0.29) is 5.91 Å². The number of hydrogen-bond acceptors (Lipinski definition) is 2. The number of carbonyl (C=O) groups is 1. The van der Waals surface area contributed by atoms with E-state index in [4.69, 9.17) is 0 Å². The zero-order valence-electron chi connectivity index (χ0n) is 10.1. The molecule has 1 aliphatic rings. The normalized spacial score (nSPS) is 17.1. The second kappa shape index (κ2) is 5.53. The lowest BCUT2D eigenvalue weighted by Gasteiger charge is -2.19. The smallest absolute Gasteiger partial charge is 0.240 e. The van der Waals surface area contributed by atoms with Gasteiger partial charge in [0, 0.05) is 11.0 Å². The minimum atomic E-state index is -0.782. The third kappa shape index (κ3) is 2.73. The zero-order valence-corrected chi connectivity index (χ0v) is 11.7. The van der Waals surface area contributed by atoms with Crippen molar-refractivity contribution in [2.75, 3.05) is 0 Å². The lowest BCUT2D eigenvalue weighted by atomic mass is 9.87. The minimum absolute atomic E-state index is 0.120. The molecule has 0 aromatic heterocycles. The fraction of sp³-hybridized carbons (Fsp3) is 0.429. The van der Waals surface area contributed by atoms with Crippen molar-refractivity contribution in [2.24, 2.45) is 5.41 Å². The molecule has 0 atom stereocenters. The topological polar surface area (TPSA) is 52.9 Å². The summed E-state index contributed by atoms with van der Waals surface area (Å²) in [6, 6.07) is 10.00. The van der Waals surface area contributed by atoms with Crippen LogP contribution in [0.5, 0.6) is 0 Å². The molecule has 0 spiro atoms. The highest BCUT2D eigenvalue weighted by Crippen LogP contribution is 2.37. The van der Waals surface area contributed by atoms with Gasteiger partial charge in [-0.3, -0.25) is 4.79 Å². The second-order valence-electron chi connectivity index (χ2n) is 4.71. The Balaban J connectivity index is 1.96. The van der Waals surface area contributed by atoms with Gasteiger partial charge in [0.05, 0.1) is 6.07 Å². The first-order chi connectivity index (χ1) is 8.66. The predicted molar refractivity (Wildman–Crippen MR) is 72.5 cm³/mol. The van der Waals surface area contributed by atoms with Gasteiger partial charge in [-0.05, 0) is 30.5 Å². The van der Waals surface area contributed by atoms with Crippen LogP contribution in [0.1, 0.15) is 31.2 Å². The van der Waals surface area contributed by atoms with E-state index in [0.717, 1.165) is 22.9 Å². The van der Waals surface area contributed by atoms with Gasteiger partial charge >= 0.3 is 0 Å². The summed E-state index contributed by atoms with van der Waals surface area (Å²) in [5, 5.41) is 12.1. The van der Waals surface area contributed by atoms with Crippen LogP contribution in [0.2, 0.25) is 0 Å². The van der Waals surface area contributed by atoms with Crippen molar-refractivity contribution in [1.29, 1.82) is 5.26 Å². The SMILES string of the molecule is N#CC1(C(=O)NCc2ccc(Br)cc2)CCCC1. The molecule has 1 saturated carbocycles. The van der Waals surface area contributed by atoms with E-state index in [1.807, 2.05) is 24.3 Å². The number of nitrogens with one attached hydrogen (secondary N) is 1. The summed E-state index contributed by atoms with van der Waals surface area (Å²) in [5.41, 5.74) is 0.257. The van der Waals surface area contributed by atoms with E-state index < -0.39 is 5.41 Å². The highest BCUT2D eigenvalue weighted by atomic mass is 79.9. The number of amides is 1. The lowest BCUT2D eigenvalue weighted by molar-refractivity contribution is -0.128. The van der Waals surface area contributed by atoms with E-state index in [1.54, 1.807) is 0 Å². The number of nitrogens with zero attached hydrogens (tertiary/aromatic N) is 1. The van der Waals surface area contributed by atoms with Gasteiger partial charge in [-0.2, -0.15) is 5.26 Å². The number of carbonyl (C=O) groups excluding carboxylic acids is 1. The maximum Gasteiger partial charge on any atom is 0.240 e. The number of rotatable bonds is 3. The molecule has 3 nitrogen and oxygen atoms in total. The Morgan fingerprint density at radius 2 is 1.94 bits per heavy atom. The predicted octanol–water partition coefficient (Wildman–Crippen LogP) is 3.15. The fourth-order valence-corrected chi connectivity index (χ4v) is 2.59. The highest BCUT2D eigenvalue weighted by Gasteiger charge is 2.41. The molecule has 0 heterocycles. The highest BCUT2D eigenvalue weighted by molar-refractivity contribution is 9.10. The summed E-state index contributed by atoms with van der Waals surface area (Å²) >= 11 is 3.37. The molecule has 1 aliphatic carbocycles. The Kier molecular flexibility index (Phi) is 4.03. The van der Waals surface area contributed by atoms with E-state index >= 15 is 0 Å². The first kappa shape index (κ1) is 13.1. The van der Waals surface area contributed by atoms with E-state index in [2.05, 4.69) is 27.3 Å². The maximum atomic E-state index is 12.1. The summed E-state index contributed by atoms with van der Waals surface area (Å²) in [6.07, 6.45) is 3.32. The van der Waals surface area contributed by atoms with E-state index in [9.17, 15) is 10.1 Å². The lowest BCUT2D eigenvalue weighted by Crippen LogP contribution is -2.37. The quantitative estimate of drug-likeness (QED) is 0.932. The van der Waals surface area contributed by atoms with Crippen molar-refractivity contribution in [3.63, 3.8) is 0 Å². The third-order valence-corrected chi connectivity index (χ3v) is 4.00. The molecule has 1 N–H and O–H groups in total. The molecule has 0 saturated heterocycles. The van der Waals surface area contributed by atoms with Gasteiger partial charge in [0.1, 0.15) is 5.41 Å². The van der Waals surface area contributed by atoms with Crippen LogP contribution in [0.4, 0.5) is 0 Å². The molecule has 0 bridgehead atoms. The van der Waals surface area contributed by atoms with Gasteiger partial charge in [0.2, 0.25) is 5.91 Å². The van der Waals surface area contributed by atoms with Gasteiger partial charge in [0.25, 0.3) is 0 Å². The van der Waals surface area contributed by atoms with E-state index in [0.29, 0.717) is 19.4 Å². The van der Waals surface area contributed by atoms with Gasteiger partial charge in [-0.15, -0.1) is 0 Å². The van der Waals surface area contributed by atoms with Crippen LogP contribution in [0.15, 0.2) is 28.7 Å². The van der Waals surface area contributed by atoms with Crippen LogP contribution in [-0.4, -0.2) is 5.91 Å². The Bertz CT molecular complexity index is 470. The Morgan fingerprint density at radius 3 is 2.50 bits per heavy atom. The van der Waals surface area contributed by atoms with Crippen molar-refractivity contribution < 1.29 is 4.79 Å². The standard InChI is InChI=1S/C14H15BrN2O/c15-12-5-3-11(4-6-12)9-17-13(18)14(10-16)7-1-2-8-14/h3-6H,1-2,7-9H2,(H,17,18). The molecular formula is C14H15BrN2O. The molecule has 1 aromatic rings. The van der Waals surface area contributed by atoms with E-state index in [1.165, 1.54) is 0 Å². The van der Waals surface area contributed by atoms with Crippen LogP contribution < -0.4 is 5.32 Å². The molecule has 94 valence electrons. The van der Waals surface area contributed by atoms with Crippen LogP contribution in [0, 0.1) is 16.7 Å². The van der Waals surface area contributed by atoms with Crippen LogP contribution in [-0.2, 0) is 11.3 Å². The number of hydrogen-bond donors (Lipinski definition) is 1. The van der Waals surface area contributed by atoms with Gasteiger partial charge in [-0.25, -0.2) is 0 Å². The number of nitriles is 1. The van der Waals surface area contributed by atoms with Gasteiger partial charge in [0.15, 0.2) is 0 Å². The van der Waals surface area contributed by atoms with Crippen LogP contribution in [0.3, 0.4) is 0 Å². The van der Waals surface area contributed by atoms with Crippen molar-refractivity contribution in [1.82, 2.24) is 5.32 Å². The molecule has 4 heteroatoms. The summed E-state index contributed by atoms with van der Waals surface area (Å²) < 4.78 is 1.02. The zero-order chi connectivity index (χ0) is 13.0. The first-order valence-electron chi connectivity index (χ1n) is 6.10. The molecule has 0 unspecified atom stereocenters. The number of halogens is 1. The second-order valence-corrected chi connectivity index (χ2v) is 5.63. The molecule has 0 aliphatic heterocycles. The molecule has 1 fully saturated rings. The van der Waals surface area contributed by atoms with Crippen molar-refractivity contribution in [3.05, 3.63) is 34.3 Å². The van der Waals surface area contributed by atoms with Gasteiger partial charge in [-0.1, -0.05) is 40.9 Å². The molecule has 18 heavy (non-hydrogen) atoms. The number of benzene rings is 1. The van der Waals surface area contributed by atoms with Crippen molar-refractivity contribution in [3.8, 4) is 6.07 Å². The van der Waals surface area contributed by atoms with Crippen LogP contribution >= 0.6 is 15.9 Å². The maximum absolute atomic E-state index is 12.1.